The molecule has 1 aliphatic heterocycles. The standard InChI is InChI=1S/C13H16BrFN2O2/c1-7-5-17(6-8(2)19-7)13(18)9-3-12(16)11(15)4-10(9)14/h3-4,7-8H,5-6,16H2,1-2H3/t7-,8+. The zero-order valence-electron chi connectivity index (χ0n) is 10.8. The minimum Gasteiger partial charge on any atom is -0.396 e. The van der Waals surface area contributed by atoms with E-state index >= 15 is 0 Å². The second-order valence-corrected chi connectivity index (χ2v) is 5.68. The van der Waals surface area contributed by atoms with Gasteiger partial charge in [0.25, 0.3) is 5.91 Å². The highest BCUT2D eigenvalue weighted by Crippen LogP contribution is 2.25. The molecule has 2 rings (SSSR count). The Kier molecular flexibility index (Phi) is 4.10. The number of amides is 1. The van der Waals surface area contributed by atoms with Crippen molar-refractivity contribution in [3.8, 4) is 0 Å². The molecule has 1 amide bonds. The number of rotatable bonds is 1. The van der Waals surface area contributed by atoms with Gasteiger partial charge in [-0.3, -0.25) is 4.79 Å². The van der Waals surface area contributed by atoms with Crippen molar-refractivity contribution < 1.29 is 13.9 Å². The van der Waals surface area contributed by atoms with Crippen LogP contribution < -0.4 is 5.73 Å². The van der Waals surface area contributed by atoms with Crippen LogP contribution in [0.3, 0.4) is 0 Å². The van der Waals surface area contributed by atoms with Crippen LogP contribution in [0, 0.1) is 5.82 Å². The van der Waals surface area contributed by atoms with E-state index in [9.17, 15) is 9.18 Å². The third-order valence-corrected chi connectivity index (χ3v) is 3.68. The van der Waals surface area contributed by atoms with Gasteiger partial charge in [-0.2, -0.15) is 0 Å². The summed E-state index contributed by atoms with van der Waals surface area (Å²) in [5.74, 6) is -0.701. The van der Waals surface area contributed by atoms with E-state index in [4.69, 9.17) is 10.5 Å². The lowest BCUT2D eigenvalue weighted by molar-refractivity contribution is -0.0586. The molecule has 2 N–H and O–H groups in total. The van der Waals surface area contributed by atoms with E-state index in [1.165, 1.54) is 12.1 Å². The smallest absolute Gasteiger partial charge is 0.255 e. The second-order valence-electron chi connectivity index (χ2n) is 4.82. The third kappa shape index (κ3) is 3.06. The first-order valence-corrected chi connectivity index (χ1v) is 6.87. The van der Waals surface area contributed by atoms with Gasteiger partial charge in [0.05, 0.1) is 23.5 Å². The van der Waals surface area contributed by atoms with Crippen molar-refractivity contribution in [2.75, 3.05) is 18.8 Å². The van der Waals surface area contributed by atoms with Gasteiger partial charge in [-0.25, -0.2) is 4.39 Å². The molecular weight excluding hydrogens is 315 g/mol. The Morgan fingerprint density at radius 2 is 2.00 bits per heavy atom. The van der Waals surface area contributed by atoms with Crippen molar-refractivity contribution in [1.82, 2.24) is 4.90 Å². The van der Waals surface area contributed by atoms with E-state index in [1.807, 2.05) is 13.8 Å². The molecule has 0 aliphatic carbocycles. The molecule has 1 fully saturated rings. The third-order valence-electron chi connectivity index (χ3n) is 3.02. The number of nitrogens with two attached hydrogens (primary N) is 1. The molecule has 1 aliphatic rings. The Balaban J connectivity index is 2.26. The zero-order chi connectivity index (χ0) is 14.2. The van der Waals surface area contributed by atoms with Crippen molar-refractivity contribution in [2.24, 2.45) is 0 Å². The summed E-state index contributed by atoms with van der Waals surface area (Å²) in [6.45, 7) is 4.88. The fraction of sp³-hybridized carbons (Fsp3) is 0.462. The molecule has 1 saturated heterocycles. The lowest BCUT2D eigenvalue weighted by Gasteiger charge is -2.35. The van der Waals surface area contributed by atoms with E-state index in [0.717, 1.165) is 0 Å². The topological polar surface area (TPSA) is 55.6 Å². The highest BCUT2D eigenvalue weighted by molar-refractivity contribution is 9.10. The number of carbonyl (C=O) groups is 1. The van der Waals surface area contributed by atoms with Gasteiger partial charge in [0.1, 0.15) is 5.82 Å². The number of nitrogens with zero attached hydrogens (tertiary/aromatic N) is 1. The minimum absolute atomic E-state index is 0.00993. The Hall–Kier alpha value is -1.14. The number of benzene rings is 1. The summed E-state index contributed by atoms with van der Waals surface area (Å²) in [6.07, 6.45) is -0.0199. The lowest BCUT2D eigenvalue weighted by atomic mass is 10.1. The molecule has 104 valence electrons. The number of hydrogen-bond acceptors (Lipinski definition) is 3. The van der Waals surface area contributed by atoms with Gasteiger partial charge >= 0.3 is 0 Å². The van der Waals surface area contributed by atoms with Gasteiger partial charge in [-0.1, -0.05) is 0 Å². The van der Waals surface area contributed by atoms with Crippen LogP contribution in [-0.4, -0.2) is 36.1 Å². The van der Waals surface area contributed by atoms with Crippen molar-refractivity contribution in [3.05, 3.63) is 28.0 Å². The van der Waals surface area contributed by atoms with Crippen LogP contribution in [0.1, 0.15) is 24.2 Å². The van der Waals surface area contributed by atoms with Crippen molar-refractivity contribution in [3.63, 3.8) is 0 Å². The summed E-state index contributed by atoms with van der Waals surface area (Å²) in [4.78, 5) is 14.1. The molecule has 2 atom stereocenters. The van der Waals surface area contributed by atoms with E-state index in [0.29, 0.717) is 23.1 Å². The Bertz CT molecular complexity index is 500. The molecule has 6 heteroatoms. The van der Waals surface area contributed by atoms with Crippen LogP contribution in [0.15, 0.2) is 16.6 Å². The van der Waals surface area contributed by atoms with Gasteiger partial charge in [0.2, 0.25) is 0 Å². The number of carbonyl (C=O) groups excluding carboxylic acids is 1. The first kappa shape index (κ1) is 14.3. The van der Waals surface area contributed by atoms with Crippen LogP contribution in [-0.2, 0) is 4.74 Å². The number of hydrogen-bond donors (Lipinski definition) is 1. The van der Waals surface area contributed by atoms with E-state index in [1.54, 1.807) is 4.90 Å². The van der Waals surface area contributed by atoms with Crippen LogP contribution in [0.2, 0.25) is 0 Å². The molecule has 0 bridgehead atoms. The summed E-state index contributed by atoms with van der Waals surface area (Å²) in [5.41, 5.74) is 5.87. The Labute approximate surface area is 119 Å². The highest BCUT2D eigenvalue weighted by Gasteiger charge is 2.28. The normalized spacial score (nSPS) is 23.5. The second kappa shape index (κ2) is 5.46. The first-order chi connectivity index (χ1) is 8.88. The molecule has 1 aromatic carbocycles. The molecule has 4 nitrogen and oxygen atoms in total. The summed E-state index contributed by atoms with van der Waals surface area (Å²) in [7, 11) is 0. The predicted molar refractivity (Wildman–Crippen MR) is 74.4 cm³/mol. The quantitative estimate of drug-likeness (QED) is 0.804. The van der Waals surface area contributed by atoms with Gasteiger partial charge in [0.15, 0.2) is 0 Å². The maximum Gasteiger partial charge on any atom is 0.255 e. The van der Waals surface area contributed by atoms with E-state index in [2.05, 4.69) is 15.9 Å². The molecule has 0 radical (unpaired) electrons. The largest absolute Gasteiger partial charge is 0.396 e. The Morgan fingerprint density at radius 3 is 2.58 bits per heavy atom. The predicted octanol–water partition coefficient (Wildman–Crippen LogP) is 2.42. The molecule has 0 saturated carbocycles. The molecular formula is C13H16BrFN2O2. The average molecular weight is 331 g/mol. The molecule has 0 aromatic heterocycles. The summed E-state index contributed by atoms with van der Waals surface area (Å²) in [5, 5.41) is 0. The van der Waals surface area contributed by atoms with Crippen molar-refractivity contribution in [2.45, 2.75) is 26.1 Å². The number of halogens is 2. The van der Waals surface area contributed by atoms with Gasteiger partial charge in [-0.05, 0) is 41.9 Å². The average Bonchev–Trinajstić information content (AvgIpc) is 2.31. The van der Waals surface area contributed by atoms with Crippen LogP contribution in [0.25, 0.3) is 0 Å². The Morgan fingerprint density at radius 1 is 1.42 bits per heavy atom. The fourth-order valence-electron chi connectivity index (χ4n) is 2.24. The van der Waals surface area contributed by atoms with E-state index in [-0.39, 0.29) is 23.8 Å². The van der Waals surface area contributed by atoms with Crippen LogP contribution >= 0.6 is 15.9 Å². The summed E-state index contributed by atoms with van der Waals surface area (Å²) in [6, 6.07) is 2.59. The molecule has 0 spiro atoms. The SMILES string of the molecule is C[C@@H]1CN(C(=O)c2cc(N)c(F)cc2Br)C[C@H](C)O1. The molecule has 0 unspecified atom stereocenters. The first-order valence-electron chi connectivity index (χ1n) is 6.07. The molecule has 1 aromatic rings. The van der Waals surface area contributed by atoms with Gasteiger partial charge in [0, 0.05) is 17.6 Å². The fourth-order valence-corrected chi connectivity index (χ4v) is 2.73. The van der Waals surface area contributed by atoms with Crippen molar-refractivity contribution >= 4 is 27.5 Å². The maximum absolute atomic E-state index is 13.3. The highest BCUT2D eigenvalue weighted by atomic mass is 79.9. The van der Waals surface area contributed by atoms with Crippen molar-refractivity contribution in [1.29, 1.82) is 0 Å². The zero-order valence-corrected chi connectivity index (χ0v) is 12.4. The number of nitrogen functional groups attached to an aromatic ring is 1. The maximum atomic E-state index is 13.3. The number of ether oxygens (including phenoxy) is 1. The summed E-state index contributed by atoms with van der Waals surface area (Å²) >= 11 is 3.20. The van der Waals surface area contributed by atoms with Gasteiger partial charge in [-0.15, -0.1) is 0 Å². The summed E-state index contributed by atoms with van der Waals surface area (Å²) < 4.78 is 19.3. The minimum atomic E-state index is -0.535. The van der Waals surface area contributed by atoms with E-state index < -0.39 is 5.82 Å². The molecule has 1 heterocycles. The van der Waals surface area contributed by atoms with Crippen LogP contribution in [0.5, 0.6) is 0 Å². The van der Waals surface area contributed by atoms with Crippen LogP contribution in [0.4, 0.5) is 10.1 Å². The number of morpholine rings is 1. The molecule has 19 heavy (non-hydrogen) atoms. The number of anilines is 1. The monoisotopic (exact) mass is 330 g/mol. The van der Waals surface area contributed by atoms with Gasteiger partial charge < -0.3 is 15.4 Å². The lowest BCUT2D eigenvalue weighted by Crippen LogP contribution is -2.48.